The number of hydrogen-bond acceptors (Lipinski definition) is 2. The minimum absolute atomic E-state index is 0.0306. The lowest BCUT2D eigenvalue weighted by Crippen LogP contribution is -2.53. The molecule has 1 saturated heterocycles. The van der Waals surface area contributed by atoms with Gasteiger partial charge in [-0.3, -0.25) is 14.9 Å². The summed E-state index contributed by atoms with van der Waals surface area (Å²) in [4.78, 5) is 23.9. The zero-order valence-electron chi connectivity index (χ0n) is 13.4. The predicted molar refractivity (Wildman–Crippen MR) is 80.0 cm³/mol. The highest BCUT2D eigenvalue weighted by molar-refractivity contribution is 5.99. The van der Waals surface area contributed by atoms with Crippen molar-refractivity contribution in [1.82, 2.24) is 5.32 Å². The summed E-state index contributed by atoms with van der Waals surface area (Å²) in [5, 5.41) is 2.53. The SMILES string of the molecule is CCC1C(=O)NC(=O)CC12CCC(C(C)(C)CC)CC2. The first-order valence-corrected chi connectivity index (χ1v) is 8.18. The molecular formula is C17H29NO2. The van der Waals surface area contributed by atoms with Gasteiger partial charge < -0.3 is 0 Å². The molecule has 0 aromatic carbocycles. The van der Waals surface area contributed by atoms with E-state index in [-0.39, 0.29) is 23.1 Å². The van der Waals surface area contributed by atoms with Gasteiger partial charge in [0.05, 0.1) is 0 Å². The van der Waals surface area contributed by atoms with Gasteiger partial charge in [-0.25, -0.2) is 0 Å². The largest absolute Gasteiger partial charge is 0.296 e. The van der Waals surface area contributed by atoms with Gasteiger partial charge in [-0.1, -0.05) is 34.1 Å². The number of piperidine rings is 1. The third-order valence-electron chi connectivity index (χ3n) is 6.24. The predicted octanol–water partition coefficient (Wildman–Crippen LogP) is 3.67. The highest BCUT2D eigenvalue weighted by atomic mass is 16.2. The van der Waals surface area contributed by atoms with Crippen molar-refractivity contribution in [3.05, 3.63) is 0 Å². The van der Waals surface area contributed by atoms with Gasteiger partial charge in [-0.15, -0.1) is 0 Å². The van der Waals surface area contributed by atoms with Gasteiger partial charge in [0.25, 0.3) is 0 Å². The molecule has 0 bridgehead atoms. The van der Waals surface area contributed by atoms with Crippen molar-refractivity contribution in [2.75, 3.05) is 0 Å². The summed E-state index contributed by atoms with van der Waals surface area (Å²) in [5.74, 6) is 0.673. The molecule has 1 N–H and O–H groups in total. The van der Waals surface area contributed by atoms with E-state index in [0.717, 1.165) is 38.0 Å². The fourth-order valence-electron chi connectivity index (χ4n) is 4.40. The van der Waals surface area contributed by atoms with Crippen LogP contribution >= 0.6 is 0 Å². The Bertz CT molecular complexity index is 392. The average molecular weight is 279 g/mol. The number of nitrogens with one attached hydrogen (secondary N) is 1. The van der Waals surface area contributed by atoms with Crippen LogP contribution in [0.15, 0.2) is 0 Å². The molecule has 1 atom stereocenters. The van der Waals surface area contributed by atoms with Crippen LogP contribution in [0, 0.1) is 22.7 Å². The van der Waals surface area contributed by atoms with Crippen molar-refractivity contribution < 1.29 is 9.59 Å². The lowest BCUT2D eigenvalue weighted by atomic mass is 9.56. The minimum Gasteiger partial charge on any atom is -0.296 e. The Morgan fingerprint density at radius 3 is 2.30 bits per heavy atom. The Hall–Kier alpha value is -0.860. The zero-order chi connectivity index (χ0) is 15.0. The molecule has 1 heterocycles. The summed E-state index contributed by atoms with van der Waals surface area (Å²) >= 11 is 0. The third kappa shape index (κ3) is 2.64. The normalized spacial score (nSPS) is 35.2. The molecule has 1 spiro atoms. The van der Waals surface area contributed by atoms with E-state index in [9.17, 15) is 9.59 Å². The highest BCUT2D eigenvalue weighted by Gasteiger charge is 2.50. The van der Waals surface area contributed by atoms with Gasteiger partial charge in [0, 0.05) is 12.3 Å². The maximum Gasteiger partial charge on any atom is 0.230 e. The molecule has 0 radical (unpaired) electrons. The fraction of sp³-hybridized carbons (Fsp3) is 0.882. The molecule has 1 saturated carbocycles. The summed E-state index contributed by atoms with van der Waals surface area (Å²) in [6, 6.07) is 0. The van der Waals surface area contributed by atoms with E-state index < -0.39 is 0 Å². The third-order valence-corrected chi connectivity index (χ3v) is 6.24. The molecule has 1 aliphatic heterocycles. The topological polar surface area (TPSA) is 46.2 Å². The van der Waals surface area contributed by atoms with Gasteiger partial charge in [0.15, 0.2) is 0 Å². The Morgan fingerprint density at radius 1 is 1.20 bits per heavy atom. The van der Waals surface area contributed by atoms with Gasteiger partial charge >= 0.3 is 0 Å². The van der Waals surface area contributed by atoms with Crippen molar-refractivity contribution in [3.63, 3.8) is 0 Å². The summed E-state index contributed by atoms with van der Waals surface area (Å²) in [6.45, 7) is 9.04. The first-order chi connectivity index (χ1) is 9.34. The molecule has 2 amide bonds. The molecule has 20 heavy (non-hydrogen) atoms. The first-order valence-electron chi connectivity index (χ1n) is 8.18. The molecule has 2 aliphatic rings. The molecule has 2 fully saturated rings. The molecular weight excluding hydrogens is 250 g/mol. The lowest BCUT2D eigenvalue weighted by molar-refractivity contribution is -0.146. The van der Waals surface area contributed by atoms with Gasteiger partial charge in [-0.05, 0) is 48.9 Å². The Morgan fingerprint density at radius 2 is 1.80 bits per heavy atom. The van der Waals surface area contributed by atoms with E-state index >= 15 is 0 Å². The van der Waals surface area contributed by atoms with E-state index in [1.807, 2.05) is 0 Å². The molecule has 0 aromatic heterocycles. The summed E-state index contributed by atoms with van der Waals surface area (Å²) < 4.78 is 0. The van der Waals surface area contributed by atoms with E-state index in [1.54, 1.807) is 0 Å². The maximum atomic E-state index is 12.1. The van der Waals surface area contributed by atoms with Crippen LogP contribution < -0.4 is 5.32 Å². The number of hydrogen-bond donors (Lipinski definition) is 1. The summed E-state index contributed by atoms with van der Waals surface area (Å²) in [6.07, 6.45) is 7.01. The molecule has 1 unspecified atom stereocenters. The van der Waals surface area contributed by atoms with Crippen LogP contribution in [0.5, 0.6) is 0 Å². The van der Waals surface area contributed by atoms with E-state index in [0.29, 0.717) is 11.8 Å². The maximum absolute atomic E-state index is 12.1. The van der Waals surface area contributed by atoms with Crippen LogP contribution in [0.1, 0.15) is 72.6 Å². The molecule has 0 aromatic rings. The van der Waals surface area contributed by atoms with Crippen molar-refractivity contribution >= 4 is 11.8 Å². The van der Waals surface area contributed by atoms with E-state index in [4.69, 9.17) is 0 Å². The Balaban J connectivity index is 2.13. The Labute approximate surface area is 122 Å². The standard InChI is InChI=1S/C17H29NO2/c1-5-13-15(20)18-14(19)11-17(13)9-7-12(8-10-17)16(3,4)6-2/h12-13H,5-11H2,1-4H3,(H,18,19,20). The second-order valence-corrected chi connectivity index (χ2v) is 7.53. The number of carbonyl (C=O) groups is 2. The van der Waals surface area contributed by atoms with E-state index in [1.165, 1.54) is 6.42 Å². The monoisotopic (exact) mass is 279 g/mol. The van der Waals surface area contributed by atoms with Crippen LogP contribution in [-0.2, 0) is 9.59 Å². The Kier molecular flexibility index (Phi) is 4.27. The van der Waals surface area contributed by atoms with Crippen LogP contribution in [0.25, 0.3) is 0 Å². The number of carbonyl (C=O) groups excluding carboxylic acids is 2. The second-order valence-electron chi connectivity index (χ2n) is 7.53. The van der Waals surface area contributed by atoms with Crippen molar-refractivity contribution in [2.45, 2.75) is 72.6 Å². The average Bonchev–Trinajstić information content (AvgIpc) is 2.38. The molecule has 3 heteroatoms. The molecule has 3 nitrogen and oxygen atoms in total. The smallest absolute Gasteiger partial charge is 0.230 e. The molecule has 1 aliphatic carbocycles. The van der Waals surface area contributed by atoms with Crippen LogP contribution in [0.3, 0.4) is 0 Å². The van der Waals surface area contributed by atoms with Crippen LogP contribution in [0.2, 0.25) is 0 Å². The first kappa shape index (κ1) is 15.5. The van der Waals surface area contributed by atoms with Gasteiger partial charge in [0.1, 0.15) is 0 Å². The number of amides is 2. The van der Waals surface area contributed by atoms with Crippen molar-refractivity contribution in [2.24, 2.45) is 22.7 Å². The lowest BCUT2D eigenvalue weighted by Gasteiger charge is -2.49. The zero-order valence-corrected chi connectivity index (χ0v) is 13.4. The quantitative estimate of drug-likeness (QED) is 0.801. The number of rotatable bonds is 3. The molecule has 2 rings (SSSR count). The summed E-state index contributed by atoms with van der Waals surface area (Å²) in [5.41, 5.74) is 0.332. The van der Waals surface area contributed by atoms with Crippen molar-refractivity contribution in [1.29, 1.82) is 0 Å². The van der Waals surface area contributed by atoms with Gasteiger partial charge in [-0.2, -0.15) is 0 Å². The summed E-state index contributed by atoms with van der Waals surface area (Å²) in [7, 11) is 0. The highest BCUT2D eigenvalue weighted by Crippen LogP contribution is 2.53. The van der Waals surface area contributed by atoms with Crippen LogP contribution in [0.4, 0.5) is 0 Å². The van der Waals surface area contributed by atoms with Crippen molar-refractivity contribution in [3.8, 4) is 0 Å². The number of imide groups is 1. The fourth-order valence-corrected chi connectivity index (χ4v) is 4.40. The van der Waals surface area contributed by atoms with E-state index in [2.05, 4.69) is 33.0 Å². The molecule has 114 valence electrons. The van der Waals surface area contributed by atoms with Gasteiger partial charge in [0.2, 0.25) is 11.8 Å². The second kappa shape index (κ2) is 5.50. The van der Waals surface area contributed by atoms with Crippen LogP contribution in [-0.4, -0.2) is 11.8 Å². The minimum atomic E-state index is -0.0621.